The minimum Gasteiger partial charge on any atom is -0.309 e. The smallest absolute Gasteiger partial charge is 0.212 e. The SMILES string of the molecule is Cc1ccc(-c2ccc(-n3c4cc5ccccc5cc4c4cc5ccccc5cc43)cc2)cc1-c1cccc[n+]1C. The Labute approximate surface area is 239 Å². The Bertz CT molecular complexity index is 2180. The molecule has 0 unspecified atom stereocenters. The minimum atomic E-state index is 1.17. The van der Waals surface area contributed by atoms with Gasteiger partial charge in [0, 0.05) is 34.2 Å². The number of rotatable bonds is 3. The number of benzene rings is 6. The average Bonchev–Trinajstić information content (AvgIpc) is 3.31. The lowest BCUT2D eigenvalue weighted by Crippen LogP contribution is -2.30. The highest BCUT2D eigenvalue weighted by atomic mass is 15.0. The van der Waals surface area contributed by atoms with Crippen LogP contribution in [0.25, 0.3) is 71.4 Å². The molecule has 0 N–H and O–H groups in total. The molecule has 0 bridgehead atoms. The molecule has 2 nitrogen and oxygen atoms in total. The quantitative estimate of drug-likeness (QED) is 0.203. The van der Waals surface area contributed by atoms with E-state index in [9.17, 15) is 0 Å². The fourth-order valence-electron chi connectivity index (χ4n) is 6.35. The lowest BCUT2D eigenvalue weighted by atomic mass is 9.97. The number of fused-ring (bicyclic) bond motifs is 5. The van der Waals surface area contributed by atoms with E-state index in [0.29, 0.717) is 0 Å². The molecule has 0 radical (unpaired) electrons. The number of aryl methyl sites for hydroxylation is 2. The summed E-state index contributed by atoms with van der Waals surface area (Å²) < 4.78 is 4.61. The Morgan fingerprint density at radius 3 is 1.63 bits per heavy atom. The highest BCUT2D eigenvalue weighted by molar-refractivity contribution is 6.16. The Balaban J connectivity index is 1.32. The summed E-state index contributed by atoms with van der Waals surface area (Å²) in [6.07, 6.45) is 2.11. The van der Waals surface area contributed by atoms with Gasteiger partial charge < -0.3 is 4.57 Å². The molecular weight excluding hydrogens is 496 g/mol. The zero-order valence-corrected chi connectivity index (χ0v) is 23.2. The molecule has 194 valence electrons. The normalized spacial score (nSPS) is 11.7. The van der Waals surface area contributed by atoms with Crippen LogP contribution in [-0.2, 0) is 7.05 Å². The number of hydrogen-bond donors (Lipinski definition) is 0. The molecule has 0 fully saturated rings. The van der Waals surface area contributed by atoms with Crippen molar-refractivity contribution in [2.75, 3.05) is 0 Å². The van der Waals surface area contributed by atoms with E-state index in [-0.39, 0.29) is 0 Å². The topological polar surface area (TPSA) is 8.81 Å². The molecule has 0 aliphatic carbocycles. The van der Waals surface area contributed by atoms with Gasteiger partial charge in [-0.05, 0) is 93.7 Å². The predicted molar refractivity (Wildman–Crippen MR) is 173 cm³/mol. The Hall–Kier alpha value is -5.21. The highest BCUT2D eigenvalue weighted by Gasteiger charge is 2.16. The van der Waals surface area contributed by atoms with Gasteiger partial charge in [0.05, 0.1) is 11.0 Å². The second kappa shape index (κ2) is 9.18. The van der Waals surface area contributed by atoms with Gasteiger partial charge in [0.1, 0.15) is 7.05 Å². The van der Waals surface area contributed by atoms with Crippen LogP contribution in [0.3, 0.4) is 0 Å². The fraction of sp³-hybridized carbons (Fsp3) is 0.0513. The molecule has 0 aliphatic heterocycles. The Kier molecular flexibility index (Phi) is 5.30. The summed E-state index contributed by atoms with van der Waals surface area (Å²) in [5.74, 6) is 0. The van der Waals surface area contributed by atoms with Crippen LogP contribution in [-0.4, -0.2) is 4.57 Å². The van der Waals surface area contributed by atoms with Gasteiger partial charge in [0.25, 0.3) is 0 Å². The van der Waals surface area contributed by atoms with E-state index in [4.69, 9.17) is 0 Å². The van der Waals surface area contributed by atoms with E-state index < -0.39 is 0 Å². The molecule has 41 heavy (non-hydrogen) atoms. The van der Waals surface area contributed by atoms with Gasteiger partial charge in [-0.3, -0.25) is 0 Å². The molecule has 2 heteroatoms. The first kappa shape index (κ1) is 23.7. The van der Waals surface area contributed by atoms with E-state index in [1.165, 1.54) is 77.0 Å². The second-order valence-electron chi connectivity index (χ2n) is 11.0. The van der Waals surface area contributed by atoms with Crippen molar-refractivity contribution in [3.63, 3.8) is 0 Å². The van der Waals surface area contributed by atoms with Crippen LogP contribution < -0.4 is 4.57 Å². The maximum Gasteiger partial charge on any atom is 0.212 e. The van der Waals surface area contributed by atoms with Crippen molar-refractivity contribution in [2.45, 2.75) is 6.92 Å². The third kappa shape index (κ3) is 3.83. The van der Waals surface area contributed by atoms with E-state index >= 15 is 0 Å². The van der Waals surface area contributed by atoms with Gasteiger partial charge in [-0.25, -0.2) is 4.57 Å². The van der Waals surface area contributed by atoms with Crippen molar-refractivity contribution in [1.82, 2.24) is 4.57 Å². The van der Waals surface area contributed by atoms with Crippen LogP contribution in [0, 0.1) is 6.92 Å². The van der Waals surface area contributed by atoms with Crippen LogP contribution in [0.5, 0.6) is 0 Å². The van der Waals surface area contributed by atoms with E-state index in [0.717, 1.165) is 0 Å². The number of aromatic nitrogens is 2. The van der Waals surface area contributed by atoms with Gasteiger partial charge in [0.2, 0.25) is 5.69 Å². The molecule has 0 saturated heterocycles. The molecule has 0 saturated carbocycles. The lowest BCUT2D eigenvalue weighted by Gasteiger charge is -2.11. The molecule has 2 aromatic heterocycles. The summed E-state index contributed by atoms with van der Waals surface area (Å²) in [5.41, 5.74) is 9.82. The van der Waals surface area contributed by atoms with Crippen LogP contribution in [0.4, 0.5) is 0 Å². The maximum atomic E-state index is 2.43. The highest BCUT2D eigenvalue weighted by Crippen LogP contribution is 2.37. The zero-order chi connectivity index (χ0) is 27.5. The maximum absolute atomic E-state index is 2.43. The van der Waals surface area contributed by atoms with Crippen molar-refractivity contribution < 1.29 is 4.57 Å². The predicted octanol–water partition coefficient (Wildman–Crippen LogP) is 9.56. The Morgan fingerprint density at radius 2 is 1.05 bits per heavy atom. The third-order valence-corrected chi connectivity index (χ3v) is 8.53. The summed E-state index contributed by atoms with van der Waals surface area (Å²) in [7, 11) is 2.11. The first-order chi connectivity index (χ1) is 20.1. The molecule has 0 aliphatic rings. The van der Waals surface area contributed by atoms with E-state index in [1.807, 2.05) is 0 Å². The molecule has 0 spiro atoms. The lowest BCUT2D eigenvalue weighted by molar-refractivity contribution is -0.660. The van der Waals surface area contributed by atoms with Crippen molar-refractivity contribution >= 4 is 43.4 Å². The van der Waals surface area contributed by atoms with Gasteiger partial charge in [-0.15, -0.1) is 0 Å². The largest absolute Gasteiger partial charge is 0.309 e. The number of hydrogen-bond acceptors (Lipinski definition) is 0. The van der Waals surface area contributed by atoms with Crippen molar-refractivity contribution in [2.24, 2.45) is 7.05 Å². The van der Waals surface area contributed by atoms with Crippen molar-refractivity contribution in [3.8, 4) is 28.1 Å². The summed E-state index contributed by atoms with van der Waals surface area (Å²) >= 11 is 0. The van der Waals surface area contributed by atoms with Crippen molar-refractivity contribution in [3.05, 3.63) is 145 Å². The van der Waals surface area contributed by atoms with Crippen LogP contribution in [0.2, 0.25) is 0 Å². The average molecular weight is 526 g/mol. The first-order valence-electron chi connectivity index (χ1n) is 14.2. The molecule has 0 amide bonds. The minimum absolute atomic E-state index is 1.17. The molecular formula is C39H29N2+. The van der Waals surface area contributed by atoms with Gasteiger partial charge >= 0.3 is 0 Å². The van der Waals surface area contributed by atoms with Crippen LogP contribution in [0.15, 0.2) is 140 Å². The molecule has 8 aromatic rings. The number of nitrogens with zero attached hydrogens (tertiary/aromatic N) is 2. The summed E-state index contributed by atoms with van der Waals surface area (Å²) in [6.45, 7) is 2.19. The van der Waals surface area contributed by atoms with E-state index in [1.54, 1.807) is 0 Å². The van der Waals surface area contributed by atoms with Crippen LogP contribution >= 0.6 is 0 Å². The zero-order valence-electron chi connectivity index (χ0n) is 23.2. The van der Waals surface area contributed by atoms with Crippen molar-refractivity contribution in [1.29, 1.82) is 0 Å². The number of pyridine rings is 1. The summed E-state index contributed by atoms with van der Waals surface area (Å²) in [4.78, 5) is 0. The standard InChI is InChI=1S/C39H29N2/c1-26-14-15-32(21-34(26)37-13-7-8-20-40(37)2)27-16-18-33(19-17-27)41-38-24-30-11-5-3-9-28(30)22-35(38)36-23-29-10-4-6-12-31(29)25-39(36)41/h3-25H,1-2H3/q+1. The Morgan fingerprint density at radius 1 is 0.512 bits per heavy atom. The molecule has 6 aromatic carbocycles. The summed E-state index contributed by atoms with van der Waals surface area (Å²) in [5, 5.41) is 7.62. The second-order valence-corrected chi connectivity index (χ2v) is 11.0. The van der Waals surface area contributed by atoms with E-state index in [2.05, 4.69) is 163 Å². The molecule has 2 heterocycles. The fourth-order valence-corrected chi connectivity index (χ4v) is 6.35. The molecule has 8 rings (SSSR count). The summed E-state index contributed by atoms with van der Waals surface area (Å²) in [6, 6.07) is 48.9. The van der Waals surface area contributed by atoms with Crippen LogP contribution in [0.1, 0.15) is 5.56 Å². The van der Waals surface area contributed by atoms with Gasteiger partial charge in [-0.1, -0.05) is 72.8 Å². The molecule has 0 atom stereocenters. The third-order valence-electron chi connectivity index (χ3n) is 8.53. The monoisotopic (exact) mass is 525 g/mol. The van der Waals surface area contributed by atoms with Gasteiger partial charge in [0.15, 0.2) is 6.20 Å². The van der Waals surface area contributed by atoms with Gasteiger partial charge in [-0.2, -0.15) is 0 Å². The first-order valence-corrected chi connectivity index (χ1v) is 14.2.